The van der Waals surface area contributed by atoms with E-state index in [4.69, 9.17) is 0 Å². The van der Waals surface area contributed by atoms with Crippen molar-refractivity contribution in [3.05, 3.63) is 23.9 Å². The Morgan fingerprint density at radius 1 is 1.19 bits per heavy atom. The third-order valence-corrected chi connectivity index (χ3v) is 7.41. The van der Waals surface area contributed by atoms with Gasteiger partial charge in [0, 0.05) is 42.8 Å². The highest BCUT2D eigenvalue weighted by atomic mass is 32.1. The van der Waals surface area contributed by atoms with Crippen LogP contribution in [0.2, 0.25) is 0 Å². The Balaban J connectivity index is 1.33. The van der Waals surface area contributed by atoms with E-state index in [2.05, 4.69) is 43.0 Å². The lowest BCUT2D eigenvalue weighted by atomic mass is 9.84. The molecule has 1 aromatic carbocycles. The standard InChI is InChI=1S/C20H27N5OS/c1-21-14-6-9-25(11-14)15-2-3-16-18(10-15)27-23-19(16)20(26)22-17-12-24-7-4-13(17)5-8-24/h2-3,10,13-14,17,21H,4-9,11-12H2,1H3,(H,22,26)/t14-,17?/m0/s1. The number of anilines is 1. The molecule has 0 aliphatic carbocycles. The first-order chi connectivity index (χ1) is 13.2. The normalized spacial score (nSPS) is 30.2. The number of fused-ring (bicyclic) bond motifs is 4. The van der Waals surface area contributed by atoms with E-state index in [0.717, 1.165) is 29.7 Å². The minimum Gasteiger partial charge on any atom is -0.370 e. The number of benzene rings is 1. The van der Waals surface area contributed by atoms with Crippen LogP contribution < -0.4 is 15.5 Å². The van der Waals surface area contributed by atoms with E-state index in [1.807, 2.05) is 7.05 Å². The van der Waals surface area contributed by atoms with Crippen molar-refractivity contribution in [3.63, 3.8) is 0 Å². The summed E-state index contributed by atoms with van der Waals surface area (Å²) in [4.78, 5) is 17.8. The van der Waals surface area contributed by atoms with Crippen molar-refractivity contribution in [2.75, 3.05) is 44.7 Å². The third kappa shape index (κ3) is 3.22. The Kier molecular flexibility index (Phi) is 4.53. The lowest BCUT2D eigenvalue weighted by Crippen LogP contribution is -2.57. The summed E-state index contributed by atoms with van der Waals surface area (Å²) < 4.78 is 5.60. The largest absolute Gasteiger partial charge is 0.370 e. The molecule has 27 heavy (non-hydrogen) atoms. The van der Waals surface area contributed by atoms with Crippen molar-refractivity contribution in [1.82, 2.24) is 19.9 Å². The first kappa shape index (κ1) is 17.4. The predicted octanol–water partition coefficient (Wildman–Crippen LogP) is 1.92. The van der Waals surface area contributed by atoms with Gasteiger partial charge in [-0.25, -0.2) is 0 Å². The number of carbonyl (C=O) groups is 1. The number of amides is 1. The molecule has 2 atom stereocenters. The molecule has 4 aliphatic rings. The van der Waals surface area contributed by atoms with Crippen LogP contribution in [0.5, 0.6) is 0 Å². The van der Waals surface area contributed by atoms with Gasteiger partial charge >= 0.3 is 0 Å². The first-order valence-electron chi connectivity index (χ1n) is 10.1. The topological polar surface area (TPSA) is 60.5 Å². The van der Waals surface area contributed by atoms with Gasteiger partial charge in [0.2, 0.25) is 0 Å². The fourth-order valence-electron chi connectivity index (χ4n) is 4.88. The van der Waals surface area contributed by atoms with Crippen molar-refractivity contribution in [2.24, 2.45) is 5.92 Å². The number of hydrogen-bond acceptors (Lipinski definition) is 6. The molecule has 144 valence electrons. The van der Waals surface area contributed by atoms with Crippen LogP contribution in [0.25, 0.3) is 10.1 Å². The Labute approximate surface area is 164 Å². The van der Waals surface area contributed by atoms with E-state index in [9.17, 15) is 4.79 Å². The highest BCUT2D eigenvalue weighted by Crippen LogP contribution is 2.31. The Hall–Kier alpha value is -1.70. The number of piperidine rings is 3. The Morgan fingerprint density at radius 3 is 2.74 bits per heavy atom. The van der Waals surface area contributed by atoms with Gasteiger partial charge in [0.05, 0.1) is 4.70 Å². The highest BCUT2D eigenvalue weighted by Gasteiger charge is 2.35. The predicted molar refractivity (Wildman–Crippen MR) is 110 cm³/mol. The minimum atomic E-state index is -0.0100. The van der Waals surface area contributed by atoms with Crippen molar-refractivity contribution in [3.8, 4) is 0 Å². The van der Waals surface area contributed by atoms with Gasteiger partial charge in [-0.15, -0.1) is 0 Å². The number of likely N-dealkylation sites (N-methyl/N-ethyl adjacent to an activating group) is 1. The monoisotopic (exact) mass is 385 g/mol. The zero-order chi connectivity index (χ0) is 18.4. The van der Waals surface area contributed by atoms with Gasteiger partial charge in [-0.1, -0.05) is 0 Å². The van der Waals surface area contributed by atoms with Crippen LogP contribution in [0.3, 0.4) is 0 Å². The van der Waals surface area contributed by atoms with Gasteiger partial charge < -0.3 is 20.4 Å². The molecule has 1 amide bonds. The van der Waals surface area contributed by atoms with Gasteiger partial charge in [-0.05, 0) is 75.0 Å². The van der Waals surface area contributed by atoms with Crippen molar-refractivity contribution < 1.29 is 4.79 Å². The van der Waals surface area contributed by atoms with Crippen molar-refractivity contribution >= 4 is 33.2 Å². The number of carbonyl (C=O) groups excluding carboxylic acids is 1. The maximum atomic E-state index is 12.9. The minimum absolute atomic E-state index is 0.0100. The number of aromatic nitrogens is 1. The van der Waals surface area contributed by atoms with Crippen LogP contribution in [0, 0.1) is 5.92 Å². The molecule has 0 radical (unpaired) electrons. The van der Waals surface area contributed by atoms with E-state index in [1.165, 1.54) is 49.6 Å². The molecular formula is C20H27N5OS. The molecule has 6 nitrogen and oxygen atoms in total. The molecular weight excluding hydrogens is 358 g/mol. The van der Waals surface area contributed by atoms with E-state index in [-0.39, 0.29) is 11.9 Å². The van der Waals surface area contributed by atoms with Crippen LogP contribution in [-0.4, -0.2) is 67.0 Å². The maximum absolute atomic E-state index is 12.9. The Morgan fingerprint density at radius 2 is 2.04 bits per heavy atom. The summed E-state index contributed by atoms with van der Waals surface area (Å²) in [6.07, 6.45) is 3.58. The molecule has 2 bridgehead atoms. The molecule has 4 fully saturated rings. The molecule has 0 saturated carbocycles. The average molecular weight is 386 g/mol. The molecule has 2 N–H and O–H groups in total. The Bertz CT molecular complexity index is 844. The smallest absolute Gasteiger partial charge is 0.271 e. The molecule has 2 aromatic rings. The summed E-state index contributed by atoms with van der Waals surface area (Å²) in [6.45, 7) is 5.47. The fraction of sp³-hybridized carbons (Fsp3) is 0.600. The van der Waals surface area contributed by atoms with Crippen LogP contribution in [0.15, 0.2) is 18.2 Å². The number of nitrogens with zero attached hydrogens (tertiary/aromatic N) is 3. The average Bonchev–Trinajstić information content (AvgIpc) is 3.35. The molecule has 6 rings (SSSR count). The summed E-state index contributed by atoms with van der Waals surface area (Å²) >= 11 is 1.44. The number of rotatable bonds is 4. The molecule has 5 heterocycles. The third-order valence-electron chi connectivity index (χ3n) is 6.60. The van der Waals surface area contributed by atoms with Crippen molar-refractivity contribution in [2.45, 2.75) is 31.3 Å². The van der Waals surface area contributed by atoms with Crippen LogP contribution in [0.1, 0.15) is 29.8 Å². The number of nitrogens with one attached hydrogen (secondary N) is 2. The lowest BCUT2D eigenvalue weighted by molar-refractivity contribution is 0.0619. The van der Waals surface area contributed by atoms with Crippen LogP contribution >= 0.6 is 11.5 Å². The van der Waals surface area contributed by atoms with Gasteiger partial charge in [-0.3, -0.25) is 4.79 Å². The molecule has 7 heteroatoms. The van der Waals surface area contributed by atoms with E-state index in [0.29, 0.717) is 17.7 Å². The summed E-state index contributed by atoms with van der Waals surface area (Å²) in [5, 5.41) is 7.61. The second kappa shape index (κ2) is 7.04. The van der Waals surface area contributed by atoms with Gasteiger partial charge in [0.15, 0.2) is 0 Å². The summed E-state index contributed by atoms with van der Waals surface area (Å²) in [6, 6.07) is 7.24. The maximum Gasteiger partial charge on any atom is 0.271 e. The SMILES string of the molecule is CN[C@H]1CCN(c2ccc3c(C(=O)NC4CN5CCC4CC5)nsc3c2)C1. The number of hydrogen-bond donors (Lipinski definition) is 2. The van der Waals surface area contributed by atoms with E-state index < -0.39 is 0 Å². The fourth-order valence-corrected chi connectivity index (χ4v) is 5.69. The quantitative estimate of drug-likeness (QED) is 0.842. The van der Waals surface area contributed by atoms with E-state index in [1.54, 1.807) is 0 Å². The second-order valence-corrected chi connectivity index (χ2v) is 8.95. The first-order valence-corrected chi connectivity index (χ1v) is 10.8. The summed E-state index contributed by atoms with van der Waals surface area (Å²) in [7, 11) is 2.03. The summed E-state index contributed by atoms with van der Waals surface area (Å²) in [5.41, 5.74) is 1.82. The molecule has 1 unspecified atom stereocenters. The highest BCUT2D eigenvalue weighted by molar-refractivity contribution is 7.13. The van der Waals surface area contributed by atoms with Gasteiger partial charge in [0.1, 0.15) is 5.69 Å². The summed E-state index contributed by atoms with van der Waals surface area (Å²) in [5.74, 6) is 0.620. The van der Waals surface area contributed by atoms with E-state index >= 15 is 0 Å². The van der Waals surface area contributed by atoms with Gasteiger partial charge in [0.25, 0.3) is 5.91 Å². The molecule has 1 aromatic heterocycles. The molecule has 4 saturated heterocycles. The zero-order valence-electron chi connectivity index (χ0n) is 15.8. The van der Waals surface area contributed by atoms with Gasteiger partial charge in [-0.2, -0.15) is 4.37 Å². The lowest BCUT2D eigenvalue weighted by Gasteiger charge is -2.44. The second-order valence-electron chi connectivity index (χ2n) is 8.15. The van der Waals surface area contributed by atoms with Crippen LogP contribution in [0.4, 0.5) is 5.69 Å². The molecule has 0 spiro atoms. The zero-order valence-corrected chi connectivity index (χ0v) is 16.6. The van der Waals surface area contributed by atoms with Crippen LogP contribution in [-0.2, 0) is 0 Å². The molecule has 4 aliphatic heterocycles. The van der Waals surface area contributed by atoms with Crippen molar-refractivity contribution in [1.29, 1.82) is 0 Å².